The summed E-state index contributed by atoms with van der Waals surface area (Å²) >= 11 is 0. The van der Waals surface area contributed by atoms with Gasteiger partial charge in [0.2, 0.25) is 15.9 Å². The zero-order valence-electron chi connectivity index (χ0n) is 17.5. The zero-order chi connectivity index (χ0) is 20.5. The van der Waals surface area contributed by atoms with E-state index in [2.05, 4.69) is 4.90 Å². The minimum Gasteiger partial charge on any atom is -0.321 e. The van der Waals surface area contributed by atoms with E-state index in [4.69, 9.17) is 0 Å². The second kappa shape index (κ2) is 8.51. The van der Waals surface area contributed by atoms with E-state index < -0.39 is 16.2 Å². The summed E-state index contributed by atoms with van der Waals surface area (Å²) < 4.78 is 28.2. The van der Waals surface area contributed by atoms with Gasteiger partial charge in [-0.2, -0.15) is 4.31 Å². The summed E-state index contributed by atoms with van der Waals surface area (Å²) in [6, 6.07) is 6.81. The molecule has 7 heteroatoms. The summed E-state index contributed by atoms with van der Waals surface area (Å²) in [4.78, 5) is 17.5. The highest BCUT2D eigenvalue weighted by molar-refractivity contribution is 7.89. The Morgan fingerprint density at radius 3 is 2.29 bits per heavy atom. The molecule has 6 nitrogen and oxygen atoms in total. The number of aryl methyl sites for hydroxylation is 1. The molecule has 0 unspecified atom stereocenters. The fourth-order valence-corrected chi connectivity index (χ4v) is 6.17. The molecule has 0 aliphatic carbocycles. The van der Waals surface area contributed by atoms with Gasteiger partial charge in [-0.15, -0.1) is 0 Å². The number of hydrogen-bond donors (Lipinski definition) is 0. The predicted octanol–water partition coefficient (Wildman–Crippen LogP) is 2.68. The van der Waals surface area contributed by atoms with Crippen molar-refractivity contribution in [1.29, 1.82) is 0 Å². The maximum absolute atomic E-state index is 13.3. The second-order valence-electron chi connectivity index (χ2n) is 8.53. The number of likely N-dealkylation sites (tertiary alicyclic amines) is 1. The van der Waals surface area contributed by atoms with Gasteiger partial charge < -0.3 is 4.90 Å². The quantitative estimate of drug-likeness (QED) is 0.753. The molecule has 1 aromatic carbocycles. The normalized spacial score (nSPS) is 24.8. The molecular formula is C21H33N3O3S. The first-order valence-corrected chi connectivity index (χ1v) is 11.8. The van der Waals surface area contributed by atoms with Crippen LogP contribution < -0.4 is 0 Å². The fraction of sp³-hybridized carbons (Fsp3) is 0.667. The molecule has 1 amide bonds. The van der Waals surface area contributed by atoms with Crippen LogP contribution in [0.4, 0.5) is 0 Å². The Morgan fingerprint density at radius 2 is 1.71 bits per heavy atom. The lowest BCUT2D eigenvalue weighted by Gasteiger charge is -2.35. The minimum absolute atomic E-state index is 0.00970. The molecule has 2 aliphatic rings. The summed E-state index contributed by atoms with van der Waals surface area (Å²) in [5.74, 6) is 0.0465. The molecule has 2 heterocycles. The second-order valence-corrected chi connectivity index (χ2v) is 10.4. The summed E-state index contributed by atoms with van der Waals surface area (Å²) in [6.45, 7) is 10.5. The molecule has 2 fully saturated rings. The van der Waals surface area contributed by atoms with Gasteiger partial charge in [0, 0.05) is 12.6 Å². The average Bonchev–Trinajstić information content (AvgIpc) is 3.01. The minimum atomic E-state index is -3.66. The van der Waals surface area contributed by atoms with Crippen molar-refractivity contribution >= 4 is 15.9 Å². The van der Waals surface area contributed by atoms with Crippen LogP contribution in [0.5, 0.6) is 0 Å². The van der Waals surface area contributed by atoms with Crippen LogP contribution in [-0.2, 0) is 14.8 Å². The van der Waals surface area contributed by atoms with Crippen LogP contribution in [0.25, 0.3) is 0 Å². The third-order valence-electron chi connectivity index (χ3n) is 5.82. The van der Waals surface area contributed by atoms with Crippen LogP contribution in [0.3, 0.4) is 0 Å². The Morgan fingerprint density at radius 1 is 1.11 bits per heavy atom. The third kappa shape index (κ3) is 4.26. The molecule has 2 aliphatic heterocycles. The molecule has 2 saturated heterocycles. The van der Waals surface area contributed by atoms with Crippen LogP contribution >= 0.6 is 0 Å². The van der Waals surface area contributed by atoms with Crippen molar-refractivity contribution in [3.8, 4) is 0 Å². The van der Waals surface area contributed by atoms with Crippen LogP contribution in [0.1, 0.15) is 45.6 Å². The van der Waals surface area contributed by atoms with E-state index in [1.54, 1.807) is 12.1 Å². The predicted molar refractivity (Wildman–Crippen MR) is 110 cm³/mol. The van der Waals surface area contributed by atoms with Crippen molar-refractivity contribution < 1.29 is 13.2 Å². The Labute approximate surface area is 169 Å². The number of carbonyl (C=O) groups is 1. The average molecular weight is 408 g/mol. The van der Waals surface area contributed by atoms with Gasteiger partial charge in [-0.1, -0.05) is 38.0 Å². The van der Waals surface area contributed by atoms with E-state index >= 15 is 0 Å². The number of benzene rings is 1. The number of hydrogen-bond acceptors (Lipinski definition) is 4. The molecule has 0 bridgehead atoms. The SMILES string of the molecule is Cc1ccc(S(=O)(=O)N2C[C@@H](C)N(C(=O)CN3CCCCC3)[C@H]2C(C)C)cc1. The number of sulfonamides is 1. The standard InChI is InChI=1S/C21H33N3O3S/c1-16(2)21-23(28(26,27)19-10-8-17(3)9-11-19)14-18(4)24(21)20(25)15-22-12-6-5-7-13-22/h8-11,16,18,21H,5-7,12-15H2,1-4H3/t18-,21+/m1/s1. The lowest BCUT2D eigenvalue weighted by atomic mass is 10.1. The number of rotatable bonds is 5. The van der Waals surface area contributed by atoms with E-state index in [1.807, 2.05) is 44.7 Å². The van der Waals surface area contributed by atoms with Gasteiger partial charge in [-0.3, -0.25) is 9.69 Å². The van der Waals surface area contributed by atoms with Crippen molar-refractivity contribution in [2.24, 2.45) is 5.92 Å². The number of carbonyl (C=O) groups excluding carboxylic acids is 1. The van der Waals surface area contributed by atoms with E-state index in [1.165, 1.54) is 10.7 Å². The molecule has 156 valence electrons. The summed E-state index contributed by atoms with van der Waals surface area (Å²) in [5, 5.41) is 0. The van der Waals surface area contributed by atoms with Gasteiger partial charge >= 0.3 is 0 Å². The maximum Gasteiger partial charge on any atom is 0.244 e. The van der Waals surface area contributed by atoms with Crippen molar-refractivity contribution in [2.75, 3.05) is 26.2 Å². The topological polar surface area (TPSA) is 60.9 Å². The van der Waals surface area contributed by atoms with Gasteiger partial charge in [0.25, 0.3) is 0 Å². The highest BCUT2D eigenvalue weighted by Crippen LogP contribution is 2.32. The first kappa shape index (κ1) is 21.3. The van der Waals surface area contributed by atoms with Gasteiger partial charge in [0.15, 0.2) is 0 Å². The number of amides is 1. The zero-order valence-corrected chi connectivity index (χ0v) is 18.3. The summed E-state index contributed by atoms with van der Waals surface area (Å²) in [6.07, 6.45) is 3.04. The molecule has 0 aromatic heterocycles. The van der Waals surface area contributed by atoms with E-state index in [-0.39, 0.29) is 17.9 Å². The Hall–Kier alpha value is -1.44. The lowest BCUT2D eigenvalue weighted by Crippen LogP contribution is -2.51. The molecule has 0 saturated carbocycles. The van der Waals surface area contributed by atoms with Gasteiger partial charge in [0.1, 0.15) is 6.17 Å². The highest BCUT2D eigenvalue weighted by atomic mass is 32.2. The van der Waals surface area contributed by atoms with Gasteiger partial charge in [-0.25, -0.2) is 8.42 Å². The van der Waals surface area contributed by atoms with Crippen molar-refractivity contribution in [3.05, 3.63) is 29.8 Å². The van der Waals surface area contributed by atoms with Crippen molar-refractivity contribution in [2.45, 2.75) is 64.1 Å². The summed E-state index contributed by atoms with van der Waals surface area (Å²) in [5.41, 5.74) is 1.02. The third-order valence-corrected chi connectivity index (χ3v) is 7.67. The van der Waals surface area contributed by atoms with Crippen LogP contribution in [-0.4, -0.2) is 66.8 Å². The molecule has 28 heavy (non-hydrogen) atoms. The maximum atomic E-state index is 13.3. The van der Waals surface area contributed by atoms with Gasteiger partial charge in [-0.05, 0) is 57.8 Å². The van der Waals surface area contributed by atoms with Crippen LogP contribution in [0.2, 0.25) is 0 Å². The first-order valence-electron chi connectivity index (χ1n) is 10.3. The van der Waals surface area contributed by atoms with Crippen molar-refractivity contribution in [3.63, 3.8) is 0 Å². The van der Waals surface area contributed by atoms with Crippen LogP contribution in [0, 0.1) is 12.8 Å². The Bertz CT molecular complexity index is 786. The van der Waals surface area contributed by atoms with E-state index in [0.717, 1.165) is 31.5 Å². The van der Waals surface area contributed by atoms with E-state index in [0.29, 0.717) is 18.0 Å². The Balaban J connectivity index is 1.85. The molecular weight excluding hydrogens is 374 g/mol. The monoisotopic (exact) mass is 407 g/mol. The largest absolute Gasteiger partial charge is 0.321 e. The Kier molecular flexibility index (Phi) is 6.47. The molecule has 3 rings (SSSR count). The fourth-order valence-electron chi connectivity index (χ4n) is 4.38. The molecule has 0 radical (unpaired) electrons. The van der Waals surface area contributed by atoms with Crippen LogP contribution in [0.15, 0.2) is 29.2 Å². The van der Waals surface area contributed by atoms with E-state index in [9.17, 15) is 13.2 Å². The molecule has 0 N–H and O–H groups in total. The van der Waals surface area contributed by atoms with Crippen molar-refractivity contribution in [1.82, 2.24) is 14.1 Å². The smallest absolute Gasteiger partial charge is 0.244 e. The molecule has 2 atom stereocenters. The summed E-state index contributed by atoms with van der Waals surface area (Å²) in [7, 11) is -3.66. The number of piperidine rings is 1. The molecule has 1 aromatic rings. The highest BCUT2D eigenvalue weighted by Gasteiger charge is 2.47. The van der Waals surface area contributed by atoms with Gasteiger partial charge in [0.05, 0.1) is 11.4 Å². The number of nitrogens with zero attached hydrogens (tertiary/aromatic N) is 3. The lowest BCUT2D eigenvalue weighted by molar-refractivity contribution is -0.137. The molecule has 0 spiro atoms. The first-order chi connectivity index (χ1) is 13.2.